The van der Waals surface area contributed by atoms with Crippen LogP contribution in [0.4, 0.5) is 8.78 Å². The Hall–Kier alpha value is -3.05. The SMILES string of the molecule is C[C@H](NC(=O)/C=C/c1ccc(F)cc1F)c1cccc(-c2ccc(Cl)nc2)c1. The normalized spacial score (nSPS) is 12.1. The molecule has 0 saturated carbocycles. The van der Waals surface area contributed by atoms with Crippen molar-refractivity contribution in [1.29, 1.82) is 0 Å². The summed E-state index contributed by atoms with van der Waals surface area (Å²) in [5.74, 6) is -1.76. The van der Waals surface area contributed by atoms with Crippen molar-refractivity contribution in [2.75, 3.05) is 0 Å². The quantitative estimate of drug-likeness (QED) is 0.451. The zero-order valence-corrected chi connectivity index (χ0v) is 15.8. The summed E-state index contributed by atoms with van der Waals surface area (Å²) in [5, 5.41) is 3.25. The number of benzene rings is 2. The van der Waals surface area contributed by atoms with Gasteiger partial charge >= 0.3 is 0 Å². The molecule has 0 spiro atoms. The number of nitrogens with zero attached hydrogens (tertiary/aromatic N) is 1. The van der Waals surface area contributed by atoms with Gasteiger partial charge in [0.2, 0.25) is 5.91 Å². The van der Waals surface area contributed by atoms with Crippen LogP contribution in [0.2, 0.25) is 5.15 Å². The minimum absolute atomic E-state index is 0.140. The van der Waals surface area contributed by atoms with E-state index in [0.717, 1.165) is 28.8 Å². The number of halogens is 3. The van der Waals surface area contributed by atoms with E-state index >= 15 is 0 Å². The second kappa shape index (κ2) is 8.76. The van der Waals surface area contributed by atoms with Gasteiger partial charge in [-0.15, -0.1) is 0 Å². The third kappa shape index (κ3) is 5.02. The van der Waals surface area contributed by atoms with Gasteiger partial charge in [0.05, 0.1) is 6.04 Å². The molecule has 1 N–H and O–H groups in total. The summed E-state index contributed by atoms with van der Waals surface area (Å²) in [6.07, 6.45) is 4.22. The third-order valence-electron chi connectivity index (χ3n) is 4.18. The maximum Gasteiger partial charge on any atom is 0.244 e. The standard InChI is InChI=1S/C22H17ClF2N2O/c1-14(27-22(28)10-7-15-5-8-19(24)12-20(15)25)16-3-2-4-17(11-16)18-6-9-21(23)26-13-18/h2-14H,1H3,(H,27,28)/b10-7+/t14-/m0/s1. The molecule has 6 heteroatoms. The molecule has 2 aromatic carbocycles. The number of pyridine rings is 1. The van der Waals surface area contributed by atoms with Crippen LogP contribution in [0.1, 0.15) is 24.1 Å². The number of hydrogen-bond donors (Lipinski definition) is 1. The van der Waals surface area contributed by atoms with Crippen LogP contribution in [0.15, 0.2) is 66.9 Å². The van der Waals surface area contributed by atoms with Crippen molar-refractivity contribution in [3.05, 3.63) is 94.8 Å². The van der Waals surface area contributed by atoms with Crippen LogP contribution < -0.4 is 5.32 Å². The Morgan fingerprint density at radius 1 is 1.11 bits per heavy atom. The molecule has 3 aromatic rings. The van der Waals surface area contributed by atoms with Crippen molar-refractivity contribution in [2.24, 2.45) is 0 Å². The molecule has 1 aromatic heterocycles. The van der Waals surface area contributed by atoms with E-state index in [1.807, 2.05) is 37.3 Å². The fourth-order valence-corrected chi connectivity index (χ4v) is 2.79. The molecule has 0 aliphatic carbocycles. The number of carbonyl (C=O) groups excluding carboxylic acids is 1. The van der Waals surface area contributed by atoms with Crippen LogP contribution in [0.5, 0.6) is 0 Å². The summed E-state index contributed by atoms with van der Waals surface area (Å²) in [7, 11) is 0. The van der Waals surface area contributed by atoms with Gasteiger partial charge in [0.15, 0.2) is 0 Å². The predicted octanol–water partition coefficient (Wildman–Crippen LogP) is 5.57. The van der Waals surface area contributed by atoms with Gasteiger partial charge in [-0.3, -0.25) is 4.79 Å². The average Bonchev–Trinajstić information content (AvgIpc) is 2.68. The second-order valence-electron chi connectivity index (χ2n) is 6.22. The molecular formula is C22H17ClF2N2O. The number of rotatable bonds is 5. The minimum atomic E-state index is -0.721. The Labute approximate surface area is 166 Å². The smallest absolute Gasteiger partial charge is 0.244 e. The van der Waals surface area contributed by atoms with Crippen molar-refractivity contribution in [3.63, 3.8) is 0 Å². The van der Waals surface area contributed by atoms with Crippen LogP contribution in [0, 0.1) is 11.6 Å². The molecule has 1 atom stereocenters. The molecule has 1 amide bonds. The lowest BCUT2D eigenvalue weighted by molar-refractivity contribution is -0.117. The molecule has 0 aliphatic rings. The molecule has 0 unspecified atom stereocenters. The number of amides is 1. The Morgan fingerprint density at radius 3 is 2.64 bits per heavy atom. The highest BCUT2D eigenvalue weighted by Crippen LogP contribution is 2.23. The molecule has 142 valence electrons. The Kier molecular flexibility index (Phi) is 6.16. The highest BCUT2D eigenvalue weighted by Gasteiger charge is 2.09. The first-order valence-electron chi connectivity index (χ1n) is 8.58. The summed E-state index contributed by atoms with van der Waals surface area (Å²) < 4.78 is 26.5. The molecule has 0 bridgehead atoms. The molecule has 0 aliphatic heterocycles. The number of hydrogen-bond acceptors (Lipinski definition) is 2. The Balaban J connectivity index is 1.69. The summed E-state index contributed by atoms with van der Waals surface area (Å²) in [5.41, 5.74) is 2.91. The van der Waals surface area contributed by atoms with Crippen LogP contribution in [-0.2, 0) is 4.79 Å². The molecule has 3 nitrogen and oxygen atoms in total. The fraction of sp³-hybridized carbons (Fsp3) is 0.0909. The number of aromatic nitrogens is 1. The highest BCUT2D eigenvalue weighted by atomic mass is 35.5. The van der Waals surface area contributed by atoms with Gasteiger partial charge < -0.3 is 5.32 Å². The lowest BCUT2D eigenvalue weighted by atomic mass is 10.0. The van der Waals surface area contributed by atoms with E-state index in [2.05, 4.69) is 10.3 Å². The first-order valence-corrected chi connectivity index (χ1v) is 8.95. The maximum absolute atomic E-state index is 13.6. The largest absolute Gasteiger partial charge is 0.346 e. The topological polar surface area (TPSA) is 42.0 Å². The highest BCUT2D eigenvalue weighted by molar-refractivity contribution is 6.29. The molecule has 1 heterocycles. The van der Waals surface area contributed by atoms with Crippen molar-refractivity contribution in [2.45, 2.75) is 13.0 Å². The Morgan fingerprint density at radius 2 is 1.93 bits per heavy atom. The fourth-order valence-electron chi connectivity index (χ4n) is 2.68. The number of nitrogens with one attached hydrogen (secondary N) is 1. The van der Waals surface area contributed by atoms with Gasteiger partial charge in [0, 0.05) is 29.5 Å². The van der Waals surface area contributed by atoms with Gasteiger partial charge in [-0.25, -0.2) is 13.8 Å². The molecule has 28 heavy (non-hydrogen) atoms. The van der Waals surface area contributed by atoms with Gasteiger partial charge in [-0.2, -0.15) is 0 Å². The van der Waals surface area contributed by atoms with Gasteiger partial charge in [0.25, 0.3) is 0 Å². The molecule has 3 rings (SSSR count). The van der Waals surface area contributed by atoms with E-state index in [9.17, 15) is 13.6 Å². The summed E-state index contributed by atoms with van der Waals surface area (Å²) >= 11 is 5.82. The van der Waals surface area contributed by atoms with E-state index in [1.165, 1.54) is 18.2 Å². The van der Waals surface area contributed by atoms with Gasteiger partial charge in [0.1, 0.15) is 16.8 Å². The second-order valence-corrected chi connectivity index (χ2v) is 6.61. The lowest BCUT2D eigenvalue weighted by Crippen LogP contribution is -2.24. The van der Waals surface area contributed by atoms with Crippen molar-refractivity contribution in [3.8, 4) is 11.1 Å². The molecule has 0 saturated heterocycles. The lowest BCUT2D eigenvalue weighted by Gasteiger charge is -2.14. The van der Waals surface area contributed by atoms with E-state index in [1.54, 1.807) is 12.3 Å². The van der Waals surface area contributed by atoms with Crippen LogP contribution in [-0.4, -0.2) is 10.9 Å². The van der Waals surface area contributed by atoms with Crippen molar-refractivity contribution < 1.29 is 13.6 Å². The van der Waals surface area contributed by atoms with E-state index in [4.69, 9.17) is 11.6 Å². The first kappa shape index (κ1) is 19.7. The first-order chi connectivity index (χ1) is 13.4. The van der Waals surface area contributed by atoms with Crippen LogP contribution >= 0.6 is 11.6 Å². The number of carbonyl (C=O) groups is 1. The third-order valence-corrected chi connectivity index (χ3v) is 4.41. The van der Waals surface area contributed by atoms with Gasteiger partial charge in [-0.05, 0) is 54.5 Å². The zero-order chi connectivity index (χ0) is 20.1. The van der Waals surface area contributed by atoms with Crippen molar-refractivity contribution >= 4 is 23.6 Å². The summed E-state index contributed by atoms with van der Waals surface area (Å²) in [4.78, 5) is 16.2. The Bertz CT molecular complexity index is 1020. The zero-order valence-electron chi connectivity index (χ0n) is 15.0. The molecule has 0 radical (unpaired) electrons. The van der Waals surface area contributed by atoms with Crippen molar-refractivity contribution in [1.82, 2.24) is 10.3 Å². The summed E-state index contributed by atoms with van der Waals surface area (Å²) in [6, 6.07) is 14.2. The average molecular weight is 399 g/mol. The monoisotopic (exact) mass is 398 g/mol. The van der Waals surface area contributed by atoms with Crippen LogP contribution in [0.3, 0.4) is 0 Å². The predicted molar refractivity (Wildman–Crippen MR) is 107 cm³/mol. The van der Waals surface area contributed by atoms with Crippen LogP contribution in [0.25, 0.3) is 17.2 Å². The van der Waals surface area contributed by atoms with E-state index in [-0.39, 0.29) is 17.5 Å². The minimum Gasteiger partial charge on any atom is -0.346 e. The molecular weight excluding hydrogens is 382 g/mol. The van der Waals surface area contributed by atoms with E-state index in [0.29, 0.717) is 5.15 Å². The van der Waals surface area contributed by atoms with Gasteiger partial charge in [-0.1, -0.05) is 29.8 Å². The molecule has 0 fully saturated rings. The summed E-state index contributed by atoms with van der Waals surface area (Å²) in [6.45, 7) is 1.85. The van der Waals surface area contributed by atoms with E-state index < -0.39 is 11.6 Å². The maximum atomic E-state index is 13.6.